The Morgan fingerprint density at radius 2 is 2.10 bits per heavy atom. The van der Waals surface area contributed by atoms with Gasteiger partial charge in [-0.05, 0) is 31.9 Å². The molecule has 5 heteroatoms. The van der Waals surface area contributed by atoms with Gasteiger partial charge in [-0.1, -0.05) is 6.07 Å². The molecule has 0 radical (unpaired) electrons. The Kier molecular flexibility index (Phi) is 5.34. The van der Waals surface area contributed by atoms with Crippen LogP contribution in [-0.2, 0) is 4.74 Å². The minimum absolute atomic E-state index is 0.0380. The maximum absolute atomic E-state index is 13.9. The zero-order valence-corrected chi connectivity index (χ0v) is 11.8. The first-order valence-electron chi connectivity index (χ1n) is 7.07. The molecule has 4 nitrogen and oxygen atoms in total. The molecule has 1 aromatic carbocycles. The molecule has 1 saturated heterocycles. The molecule has 0 aromatic heterocycles. The van der Waals surface area contributed by atoms with E-state index in [1.807, 2.05) is 6.07 Å². The van der Waals surface area contributed by atoms with Crippen LogP contribution >= 0.6 is 0 Å². The maximum Gasteiger partial charge on any atom is 0.131 e. The second kappa shape index (κ2) is 7.02. The highest BCUT2D eigenvalue weighted by atomic mass is 19.1. The largest absolute Gasteiger partial charge is 0.394 e. The van der Waals surface area contributed by atoms with E-state index in [0.29, 0.717) is 12.2 Å². The van der Waals surface area contributed by atoms with Gasteiger partial charge in [-0.3, -0.25) is 0 Å². The fourth-order valence-electron chi connectivity index (χ4n) is 2.70. The van der Waals surface area contributed by atoms with Crippen LogP contribution in [0.5, 0.6) is 0 Å². The summed E-state index contributed by atoms with van der Waals surface area (Å²) in [5.41, 5.74) is 1.13. The molecule has 0 amide bonds. The number of ether oxygens (including phenoxy) is 1. The highest BCUT2D eigenvalue weighted by molar-refractivity contribution is 5.55. The van der Waals surface area contributed by atoms with Crippen molar-refractivity contribution in [1.82, 2.24) is 0 Å². The number of piperidine rings is 1. The lowest BCUT2D eigenvalue weighted by Gasteiger charge is -2.35. The third kappa shape index (κ3) is 3.48. The van der Waals surface area contributed by atoms with Gasteiger partial charge < -0.3 is 19.8 Å². The third-order valence-corrected chi connectivity index (χ3v) is 3.68. The van der Waals surface area contributed by atoms with E-state index >= 15 is 0 Å². The number of rotatable bonds is 5. The number of hydrogen-bond donors (Lipinski definition) is 2. The van der Waals surface area contributed by atoms with E-state index in [1.54, 1.807) is 13.0 Å². The van der Waals surface area contributed by atoms with Crippen molar-refractivity contribution in [2.24, 2.45) is 0 Å². The summed E-state index contributed by atoms with van der Waals surface area (Å²) in [4.78, 5) is 2.09. The molecule has 1 aromatic rings. The van der Waals surface area contributed by atoms with Crippen LogP contribution in [0.2, 0.25) is 0 Å². The lowest BCUT2D eigenvalue weighted by atomic mass is 10.0. The van der Waals surface area contributed by atoms with Gasteiger partial charge in [-0.2, -0.15) is 0 Å². The number of aliphatic hydroxyl groups excluding tert-OH is 2. The van der Waals surface area contributed by atoms with Gasteiger partial charge in [0.1, 0.15) is 5.82 Å². The van der Waals surface area contributed by atoms with Crippen molar-refractivity contribution in [1.29, 1.82) is 0 Å². The Morgan fingerprint density at radius 1 is 1.40 bits per heavy atom. The Hall–Kier alpha value is -1.17. The molecule has 1 aliphatic heterocycles. The van der Waals surface area contributed by atoms with Crippen LogP contribution in [0.15, 0.2) is 18.2 Å². The summed E-state index contributed by atoms with van der Waals surface area (Å²) in [6.45, 7) is 3.51. The number of hydrogen-bond acceptors (Lipinski definition) is 4. The summed E-state index contributed by atoms with van der Waals surface area (Å²) in [7, 11) is 0. The van der Waals surface area contributed by atoms with Crippen molar-refractivity contribution in [3.8, 4) is 0 Å². The predicted octanol–water partition coefficient (Wildman–Crippen LogP) is 1.86. The topological polar surface area (TPSA) is 52.9 Å². The van der Waals surface area contributed by atoms with Crippen molar-refractivity contribution in [2.75, 3.05) is 31.2 Å². The molecule has 2 rings (SSSR count). The van der Waals surface area contributed by atoms with Crippen LogP contribution in [0, 0.1) is 5.82 Å². The number of anilines is 1. The third-order valence-electron chi connectivity index (χ3n) is 3.68. The zero-order valence-electron chi connectivity index (χ0n) is 11.8. The average molecular weight is 283 g/mol. The summed E-state index contributed by atoms with van der Waals surface area (Å²) < 4.78 is 19.4. The Balaban J connectivity index is 2.05. The normalized spacial score (nSPS) is 18.3. The number of benzene rings is 1. The van der Waals surface area contributed by atoms with Gasteiger partial charge in [-0.25, -0.2) is 4.39 Å². The summed E-state index contributed by atoms with van der Waals surface area (Å²) in [6.07, 6.45) is 1.02. The minimum Gasteiger partial charge on any atom is -0.394 e. The second-order valence-electron chi connectivity index (χ2n) is 5.13. The van der Waals surface area contributed by atoms with Gasteiger partial charge in [0.15, 0.2) is 0 Å². The highest BCUT2D eigenvalue weighted by Gasteiger charge is 2.23. The summed E-state index contributed by atoms with van der Waals surface area (Å²) in [5, 5.41) is 18.5. The predicted molar refractivity (Wildman–Crippen MR) is 75.3 cm³/mol. The first-order valence-corrected chi connectivity index (χ1v) is 7.07. The molecule has 112 valence electrons. The van der Waals surface area contributed by atoms with E-state index in [-0.39, 0.29) is 18.5 Å². The molecule has 1 unspecified atom stereocenters. The van der Waals surface area contributed by atoms with Crippen molar-refractivity contribution in [2.45, 2.75) is 32.0 Å². The number of halogens is 1. The zero-order chi connectivity index (χ0) is 14.5. The first kappa shape index (κ1) is 15.2. The summed E-state index contributed by atoms with van der Waals surface area (Å²) >= 11 is 0. The number of aliphatic hydroxyl groups is 2. The summed E-state index contributed by atoms with van der Waals surface area (Å²) in [6, 6.07) is 4.90. The maximum atomic E-state index is 13.9. The molecular formula is C15H22FNO3. The van der Waals surface area contributed by atoms with Crippen LogP contribution < -0.4 is 4.90 Å². The van der Waals surface area contributed by atoms with Gasteiger partial charge in [0.05, 0.1) is 25.4 Å². The molecule has 1 heterocycles. The average Bonchev–Trinajstić information content (AvgIpc) is 2.45. The fourth-order valence-corrected chi connectivity index (χ4v) is 2.70. The van der Waals surface area contributed by atoms with Crippen LogP contribution in [0.25, 0.3) is 0 Å². The second-order valence-corrected chi connectivity index (χ2v) is 5.13. The standard InChI is InChI=1S/C15H22FNO3/c1-11(19)15-13(16)3-2-4-14(15)17-7-5-12(6-8-17)20-10-9-18/h2-4,11-12,18-19H,5-10H2,1H3. The van der Waals surface area contributed by atoms with Crippen molar-refractivity contribution in [3.63, 3.8) is 0 Å². The molecule has 1 atom stereocenters. The Bertz CT molecular complexity index is 431. The fraction of sp³-hybridized carbons (Fsp3) is 0.600. The lowest BCUT2D eigenvalue weighted by molar-refractivity contribution is 0.0158. The molecule has 2 N–H and O–H groups in total. The smallest absolute Gasteiger partial charge is 0.131 e. The SMILES string of the molecule is CC(O)c1c(F)cccc1N1CCC(OCCO)CC1. The van der Waals surface area contributed by atoms with Crippen molar-refractivity contribution < 1.29 is 19.3 Å². The van der Waals surface area contributed by atoms with Crippen LogP contribution in [-0.4, -0.2) is 42.6 Å². The van der Waals surface area contributed by atoms with Gasteiger partial charge in [-0.15, -0.1) is 0 Å². The first-order chi connectivity index (χ1) is 9.63. The molecular weight excluding hydrogens is 261 g/mol. The van der Waals surface area contributed by atoms with Crippen LogP contribution in [0.1, 0.15) is 31.4 Å². The van der Waals surface area contributed by atoms with Crippen molar-refractivity contribution >= 4 is 5.69 Å². The van der Waals surface area contributed by atoms with Crippen molar-refractivity contribution in [3.05, 3.63) is 29.6 Å². The number of nitrogens with zero attached hydrogens (tertiary/aromatic N) is 1. The monoisotopic (exact) mass is 283 g/mol. The van der Waals surface area contributed by atoms with Gasteiger partial charge in [0, 0.05) is 24.3 Å². The van der Waals surface area contributed by atoms with Crippen LogP contribution in [0.3, 0.4) is 0 Å². The summed E-state index contributed by atoms with van der Waals surface area (Å²) in [5.74, 6) is -0.365. The van der Waals surface area contributed by atoms with Gasteiger partial charge in [0.2, 0.25) is 0 Å². The molecule has 1 fully saturated rings. The molecule has 0 saturated carbocycles. The van der Waals surface area contributed by atoms with E-state index in [4.69, 9.17) is 9.84 Å². The highest BCUT2D eigenvalue weighted by Crippen LogP contribution is 2.31. The lowest BCUT2D eigenvalue weighted by Crippen LogP contribution is -2.38. The van der Waals surface area contributed by atoms with Gasteiger partial charge in [0.25, 0.3) is 0 Å². The van der Waals surface area contributed by atoms with Gasteiger partial charge >= 0.3 is 0 Å². The van der Waals surface area contributed by atoms with E-state index in [2.05, 4.69) is 4.90 Å². The quantitative estimate of drug-likeness (QED) is 0.866. The Morgan fingerprint density at radius 3 is 2.70 bits per heavy atom. The molecule has 0 spiro atoms. The van der Waals surface area contributed by atoms with E-state index in [9.17, 15) is 9.50 Å². The van der Waals surface area contributed by atoms with E-state index < -0.39 is 6.10 Å². The van der Waals surface area contributed by atoms with Crippen LogP contribution in [0.4, 0.5) is 10.1 Å². The van der Waals surface area contributed by atoms with E-state index in [1.165, 1.54) is 6.07 Å². The van der Waals surface area contributed by atoms with E-state index in [0.717, 1.165) is 31.6 Å². The molecule has 0 bridgehead atoms. The molecule has 20 heavy (non-hydrogen) atoms. The minimum atomic E-state index is -0.824. The molecule has 1 aliphatic rings. The Labute approximate surface area is 118 Å². The molecule has 0 aliphatic carbocycles.